The molecule has 0 aliphatic heterocycles. The van der Waals surface area contributed by atoms with Crippen LogP contribution in [0.3, 0.4) is 0 Å². The van der Waals surface area contributed by atoms with E-state index >= 15 is 0 Å². The van der Waals surface area contributed by atoms with E-state index in [-0.39, 0.29) is 23.7 Å². The molecule has 2 aromatic carbocycles. The summed E-state index contributed by atoms with van der Waals surface area (Å²) in [5.74, 6) is -0.139. The van der Waals surface area contributed by atoms with Crippen molar-refractivity contribution < 1.29 is 4.79 Å². The van der Waals surface area contributed by atoms with E-state index in [0.29, 0.717) is 6.54 Å². The van der Waals surface area contributed by atoms with E-state index in [2.05, 4.69) is 11.4 Å². The number of carbonyl (C=O) groups is 1. The highest BCUT2D eigenvalue weighted by molar-refractivity contribution is 6.30. The molecular weight excluding hydrogens is 331 g/mol. The zero-order valence-electron chi connectivity index (χ0n) is 12.7. The van der Waals surface area contributed by atoms with Crippen molar-refractivity contribution in [1.82, 2.24) is 5.32 Å². The van der Waals surface area contributed by atoms with Crippen LogP contribution in [-0.4, -0.2) is 12.5 Å². The molecule has 1 unspecified atom stereocenters. The molecular formula is C18H20Cl2N2O. The van der Waals surface area contributed by atoms with Crippen LogP contribution in [0.1, 0.15) is 30.0 Å². The lowest BCUT2D eigenvalue weighted by Crippen LogP contribution is -2.38. The molecule has 1 amide bonds. The Labute approximate surface area is 147 Å². The number of halogens is 2. The van der Waals surface area contributed by atoms with E-state index in [1.54, 1.807) is 0 Å². The van der Waals surface area contributed by atoms with Gasteiger partial charge in [0.1, 0.15) is 6.04 Å². The van der Waals surface area contributed by atoms with Crippen molar-refractivity contribution in [3.8, 4) is 0 Å². The van der Waals surface area contributed by atoms with E-state index in [4.69, 9.17) is 17.3 Å². The van der Waals surface area contributed by atoms with Gasteiger partial charge in [-0.2, -0.15) is 0 Å². The number of hydrogen-bond acceptors (Lipinski definition) is 2. The first-order valence-corrected chi connectivity index (χ1v) is 7.83. The van der Waals surface area contributed by atoms with Gasteiger partial charge < -0.3 is 11.1 Å². The van der Waals surface area contributed by atoms with Gasteiger partial charge in [-0.25, -0.2) is 0 Å². The molecule has 122 valence electrons. The fourth-order valence-electron chi connectivity index (χ4n) is 2.71. The van der Waals surface area contributed by atoms with Gasteiger partial charge >= 0.3 is 0 Å². The molecule has 23 heavy (non-hydrogen) atoms. The lowest BCUT2D eigenvalue weighted by atomic mass is 9.95. The highest BCUT2D eigenvalue weighted by Gasteiger charge is 2.44. The van der Waals surface area contributed by atoms with Crippen LogP contribution in [0.4, 0.5) is 0 Å². The normalized spacial score (nSPS) is 16.1. The highest BCUT2D eigenvalue weighted by Crippen LogP contribution is 2.48. The van der Waals surface area contributed by atoms with E-state index in [1.165, 1.54) is 5.56 Å². The zero-order valence-corrected chi connectivity index (χ0v) is 14.2. The molecule has 0 bridgehead atoms. The first-order chi connectivity index (χ1) is 10.6. The van der Waals surface area contributed by atoms with Gasteiger partial charge in [0.25, 0.3) is 0 Å². The molecule has 3 N–H and O–H groups in total. The molecule has 0 aromatic heterocycles. The van der Waals surface area contributed by atoms with Crippen LogP contribution < -0.4 is 11.1 Å². The molecule has 0 saturated heterocycles. The zero-order chi connectivity index (χ0) is 15.6. The largest absolute Gasteiger partial charge is 0.354 e. The Balaban J connectivity index is 0.00000192. The quantitative estimate of drug-likeness (QED) is 0.865. The molecule has 1 aliphatic rings. The lowest BCUT2D eigenvalue weighted by Gasteiger charge is -2.19. The Kier molecular flexibility index (Phi) is 5.69. The van der Waals surface area contributed by atoms with Gasteiger partial charge in [0.05, 0.1) is 0 Å². The van der Waals surface area contributed by atoms with E-state index in [0.717, 1.165) is 23.4 Å². The molecule has 3 nitrogen and oxygen atoms in total. The van der Waals surface area contributed by atoms with Crippen LogP contribution in [0.25, 0.3) is 0 Å². The average Bonchev–Trinajstić information content (AvgIpc) is 3.34. The minimum absolute atomic E-state index is 0. The molecule has 0 heterocycles. The number of carbonyl (C=O) groups excluding carboxylic acids is 1. The minimum Gasteiger partial charge on any atom is -0.354 e. The summed E-state index contributed by atoms with van der Waals surface area (Å²) in [5.41, 5.74) is 8.06. The monoisotopic (exact) mass is 350 g/mol. The molecule has 1 saturated carbocycles. The van der Waals surface area contributed by atoms with Crippen molar-refractivity contribution in [2.24, 2.45) is 5.73 Å². The number of nitrogens with two attached hydrogens (primary N) is 1. The second-order valence-corrected chi connectivity index (χ2v) is 6.33. The van der Waals surface area contributed by atoms with Crippen LogP contribution >= 0.6 is 24.0 Å². The Morgan fingerprint density at radius 1 is 1.17 bits per heavy atom. The third-order valence-corrected chi connectivity index (χ3v) is 4.57. The maximum atomic E-state index is 12.3. The van der Waals surface area contributed by atoms with Crippen molar-refractivity contribution in [3.63, 3.8) is 0 Å². The predicted molar refractivity (Wildman–Crippen MR) is 96.0 cm³/mol. The SMILES string of the molecule is Cl.NC(C(=O)NCC1(c2cccc(Cl)c2)CC1)c1ccccc1. The van der Waals surface area contributed by atoms with Crippen LogP contribution in [0.5, 0.6) is 0 Å². The molecule has 1 fully saturated rings. The van der Waals surface area contributed by atoms with Crippen LogP contribution in [0, 0.1) is 0 Å². The first-order valence-electron chi connectivity index (χ1n) is 7.45. The summed E-state index contributed by atoms with van der Waals surface area (Å²) in [4.78, 5) is 12.3. The second-order valence-electron chi connectivity index (χ2n) is 5.90. The number of rotatable bonds is 5. The maximum absolute atomic E-state index is 12.3. The topological polar surface area (TPSA) is 55.1 Å². The fraction of sp³-hybridized carbons (Fsp3) is 0.278. The lowest BCUT2D eigenvalue weighted by molar-refractivity contribution is -0.122. The Morgan fingerprint density at radius 2 is 1.87 bits per heavy atom. The predicted octanol–water partition coefficient (Wildman–Crippen LogP) is 3.61. The molecule has 1 atom stereocenters. The smallest absolute Gasteiger partial charge is 0.241 e. The summed E-state index contributed by atoms with van der Waals surface area (Å²) in [7, 11) is 0. The van der Waals surface area contributed by atoms with Crippen LogP contribution in [-0.2, 0) is 10.2 Å². The van der Waals surface area contributed by atoms with Crippen molar-refractivity contribution in [2.75, 3.05) is 6.54 Å². The van der Waals surface area contributed by atoms with Gasteiger partial charge in [0.2, 0.25) is 5.91 Å². The van der Waals surface area contributed by atoms with Gasteiger partial charge in [-0.15, -0.1) is 12.4 Å². The third-order valence-electron chi connectivity index (χ3n) is 4.33. The summed E-state index contributed by atoms with van der Waals surface area (Å²) >= 11 is 6.06. The van der Waals surface area contributed by atoms with Crippen molar-refractivity contribution in [3.05, 3.63) is 70.7 Å². The van der Waals surface area contributed by atoms with Crippen molar-refractivity contribution >= 4 is 29.9 Å². The van der Waals surface area contributed by atoms with E-state index in [1.807, 2.05) is 48.5 Å². The maximum Gasteiger partial charge on any atom is 0.241 e. The average molecular weight is 351 g/mol. The Morgan fingerprint density at radius 3 is 2.48 bits per heavy atom. The number of amides is 1. The second kappa shape index (κ2) is 7.35. The van der Waals surface area contributed by atoms with Gasteiger partial charge in [-0.3, -0.25) is 4.79 Å². The molecule has 0 spiro atoms. The van der Waals surface area contributed by atoms with Crippen LogP contribution in [0.2, 0.25) is 5.02 Å². The summed E-state index contributed by atoms with van der Waals surface area (Å²) in [6.45, 7) is 0.604. The fourth-order valence-corrected chi connectivity index (χ4v) is 2.91. The Bertz CT molecular complexity index is 672. The number of benzene rings is 2. The molecule has 0 radical (unpaired) electrons. The molecule has 2 aromatic rings. The summed E-state index contributed by atoms with van der Waals surface area (Å²) in [5, 5.41) is 3.73. The summed E-state index contributed by atoms with van der Waals surface area (Å²) in [6.07, 6.45) is 2.13. The Hall–Kier alpha value is -1.55. The summed E-state index contributed by atoms with van der Waals surface area (Å²) < 4.78 is 0. The van der Waals surface area contributed by atoms with E-state index in [9.17, 15) is 4.79 Å². The van der Waals surface area contributed by atoms with E-state index < -0.39 is 6.04 Å². The minimum atomic E-state index is -0.628. The van der Waals surface area contributed by atoms with Crippen molar-refractivity contribution in [2.45, 2.75) is 24.3 Å². The highest BCUT2D eigenvalue weighted by atomic mass is 35.5. The number of nitrogens with one attached hydrogen (secondary N) is 1. The van der Waals surface area contributed by atoms with Crippen molar-refractivity contribution in [1.29, 1.82) is 0 Å². The summed E-state index contributed by atoms with van der Waals surface area (Å²) in [6, 6.07) is 16.7. The van der Waals surface area contributed by atoms with Gasteiger partial charge in [-0.05, 0) is 36.1 Å². The van der Waals surface area contributed by atoms with Crippen LogP contribution in [0.15, 0.2) is 54.6 Å². The van der Waals surface area contributed by atoms with Gasteiger partial charge in [0, 0.05) is 17.0 Å². The molecule has 1 aliphatic carbocycles. The molecule has 5 heteroatoms. The van der Waals surface area contributed by atoms with Gasteiger partial charge in [-0.1, -0.05) is 54.1 Å². The molecule has 3 rings (SSSR count). The van der Waals surface area contributed by atoms with Gasteiger partial charge in [0.15, 0.2) is 0 Å². The first kappa shape index (κ1) is 17.8. The number of hydrogen-bond donors (Lipinski definition) is 2. The third kappa shape index (κ3) is 4.05. The standard InChI is InChI=1S/C18H19ClN2O.ClH/c19-15-8-4-7-14(11-15)18(9-10-18)12-21-17(22)16(20)13-5-2-1-3-6-13;/h1-8,11,16H,9-10,12,20H2,(H,21,22);1H.